The fourth-order valence-corrected chi connectivity index (χ4v) is 3.10. The summed E-state index contributed by atoms with van der Waals surface area (Å²) >= 11 is 0. The fraction of sp³-hybridized carbons (Fsp3) is 1.00. The Labute approximate surface area is 106 Å². The maximum Gasteiger partial charge on any atom is 0.253 e. The zero-order valence-corrected chi connectivity index (χ0v) is 10.3. The molecule has 3 saturated heterocycles. The molecule has 3 aliphatic rings. The smallest absolute Gasteiger partial charge is 0.253 e. The molecule has 0 aliphatic carbocycles. The van der Waals surface area contributed by atoms with Crippen LogP contribution in [0.25, 0.3) is 0 Å². The van der Waals surface area contributed by atoms with Crippen molar-refractivity contribution in [2.24, 2.45) is 0 Å². The Morgan fingerprint density at radius 2 is 1.06 bits per heavy atom. The molecule has 0 aromatic rings. The van der Waals surface area contributed by atoms with Gasteiger partial charge in [-0.05, 0) is 25.7 Å². The summed E-state index contributed by atoms with van der Waals surface area (Å²) in [5.41, 5.74) is 0. The molecule has 0 aromatic carbocycles. The van der Waals surface area contributed by atoms with Crippen molar-refractivity contribution < 1.29 is 29.2 Å². The summed E-state index contributed by atoms with van der Waals surface area (Å²) in [6.07, 6.45) is 0.942. The zero-order chi connectivity index (χ0) is 12.6. The molecule has 104 valence electrons. The van der Waals surface area contributed by atoms with Crippen molar-refractivity contribution in [1.29, 1.82) is 0 Å². The first-order valence-corrected chi connectivity index (χ1v) is 6.63. The molecule has 0 saturated carbocycles. The van der Waals surface area contributed by atoms with Crippen molar-refractivity contribution in [2.45, 2.75) is 49.5 Å². The summed E-state index contributed by atoms with van der Waals surface area (Å²) in [5.74, 6) is -2.77. The SMILES string of the molecule is O[C@H]1CCCO[C@@]12OCCO[C@@]21OCCC[C@@H]1O. The maximum absolute atomic E-state index is 10.3. The molecule has 2 N–H and O–H groups in total. The number of hydrogen-bond acceptors (Lipinski definition) is 6. The fourth-order valence-electron chi connectivity index (χ4n) is 3.10. The largest absolute Gasteiger partial charge is 0.387 e. The van der Waals surface area contributed by atoms with Crippen molar-refractivity contribution >= 4 is 0 Å². The van der Waals surface area contributed by atoms with Crippen LogP contribution in [-0.4, -0.2) is 60.4 Å². The third-order valence-electron chi connectivity index (χ3n) is 3.96. The molecule has 0 amide bonds. The lowest BCUT2D eigenvalue weighted by molar-refractivity contribution is -0.488. The van der Waals surface area contributed by atoms with Gasteiger partial charge in [0.1, 0.15) is 12.2 Å². The molecule has 0 unspecified atom stereocenters. The lowest BCUT2D eigenvalue weighted by Crippen LogP contribution is -2.75. The molecular weight excluding hydrogens is 240 g/mol. The second-order valence-electron chi connectivity index (χ2n) is 5.04. The van der Waals surface area contributed by atoms with Crippen LogP contribution in [0.5, 0.6) is 0 Å². The van der Waals surface area contributed by atoms with E-state index in [1.807, 2.05) is 0 Å². The van der Waals surface area contributed by atoms with E-state index in [-0.39, 0.29) is 0 Å². The summed E-state index contributed by atoms with van der Waals surface area (Å²) in [4.78, 5) is 0. The van der Waals surface area contributed by atoms with Crippen LogP contribution in [0.2, 0.25) is 0 Å². The Bertz CT molecular complexity index is 269. The van der Waals surface area contributed by atoms with E-state index in [0.717, 1.165) is 12.8 Å². The normalized spacial score (nSPS) is 49.7. The summed E-state index contributed by atoms with van der Waals surface area (Å²) in [6.45, 7) is 1.60. The van der Waals surface area contributed by atoms with Crippen LogP contribution in [0.1, 0.15) is 25.7 Å². The lowest BCUT2D eigenvalue weighted by Gasteiger charge is -2.57. The van der Waals surface area contributed by atoms with Gasteiger partial charge < -0.3 is 29.2 Å². The highest BCUT2D eigenvalue weighted by molar-refractivity contribution is 5.03. The lowest BCUT2D eigenvalue weighted by atomic mass is 9.85. The zero-order valence-electron chi connectivity index (χ0n) is 10.3. The topological polar surface area (TPSA) is 77.4 Å². The number of hydrogen-bond donors (Lipinski definition) is 2. The van der Waals surface area contributed by atoms with E-state index in [0.29, 0.717) is 39.3 Å². The van der Waals surface area contributed by atoms with E-state index in [1.165, 1.54) is 0 Å². The highest BCUT2D eigenvalue weighted by atomic mass is 16.8. The van der Waals surface area contributed by atoms with Gasteiger partial charge in [-0.25, -0.2) is 0 Å². The number of fused-ring (bicyclic) bond motifs is 1. The van der Waals surface area contributed by atoms with Crippen LogP contribution in [0, 0.1) is 0 Å². The van der Waals surface area contributed by atoms with Gasteiger partial charge in [0, 0.05) is 0 Å². The van der Waals surface area contributed by atoms with Gasteiger partial charge in [-0.3, -0.25) is 0 Å². The van der Waals surface area contributed by atoms with Crippen LogP contribution in [0.4, 0.5) is 0 Å². The van der Waals surface area contributed by atoms with Gasteiger partial charge in [-0.15, -0.1) is 0 Å². The van der Waals surface area contributed by atoms with Crippen LogP contribution >= 0.6 is 0 Å². The Kier molecular flexibility index (Phi) is 3.34. The van der Waals surface area contributed by atoms with Crippen molar-refractivity contribution in [3.8, 4) is 0 Å². The van der Waals surface area contributed by atoms with Gasteiger partial charge in [0.2, 0.25) is 0 Å². The van der Waals surface area contributed by atoms with Gasteiger partial charge >= 0.3 is 0 Å². The standard InChI is InChI=1S/C12H20O6/c13-9-3-1-5-15-11(9)12(18-8-7-17-11)10(14)4-2-6-16-12/h9-10,13-14H,1-8H2/t9-,10-,11+,12+/m0/s1. The van der Waals surface area contributed by atoms with Gasteiger partial charge in [0.25, 0.3) is 11.6 Å². The van der Waals surface area contributed by atoms with E-state index in [9.17, 15) is 10.2 Å². The van der Waals surface area contributed by atoms with Crippen LogP contribution in [-0.2, 0) is 18.9 Å². The molecule has 3 fully saturated rings. The highest BCUT2D eigenvalue weighted by Gasteiger charge is 2.67. The number of aliphatic hydroxyl groups is 2. The number of rotatable bonds is 0. The molecule has 3 rings (SSSR count). The van der Waals surface area contributed by atoms with Crippen LogP contribution in [0.3, 0.4) is 0 Å². The van der Waals surface area contributed by atoms with Crippen LogP contribution < -0.4 is 0 Å². The minimum Gasteiger partial charge on any atom is -0.387 e. The highest BCUT2D eigenvalue weighted by Crippen LogP contribution is 2.46. The van der Waals surface area contributed by atoms with Crippen LogP contribution in [0.15, 0.2) is 0 Å². The van der Waals surface area contributed by atoms with Gasteiger partial charge in [0.15, 0.2) is 0 Å². The Hall–Kier alpha value is -0.240. The molecule has 3 heterocycles. The second-order valence-corrected chi connectivity index (χ2v) is 5.04. The molecule has 0 bridgehead atoms. The summed E-state index contributed by atoms with van der Waals surface area (Å²) in [5, 5.41) is 20.6. The first-order valence-electron chi connectivity index (χ1n) is 6.63. The van der Waals surface area contributed by atoms with Gasteiger partial charge in [-0.2, -0.15) is 0 Å². The van der Waals surface area contributed by atoms with E-state index < -0.39 is 23.8 Å². The third-order valence-corrected chi connectivity index (χ3v) is 3.96. The quantitative estimate of drug-likeness (QED) is 0.626. The molecule has 3 aliphatic heterocycles. The van der Waals surface area contributed by atoms with E-state index in [1.54, 1.807) is 0 Å². The van der Waals surface area contributed by atoms with E-state index in [4.69, 9.17) is 18.9 Å². The Balaban J connectivity index is 1.97. The molecule has 0 radical (unpaired) electrons. The van der Waals surface area contributed by atoms with E-state index >= 15 is 0 Å². The first kappa shape index (κ1) is 12.8. The maximum atomic E-state index is 10.3. The Morgan fingerprint density at radius 3 is 1.44 bits per heavy atom. The van der Waals surface area contributed by atoms with Crippen molar-refractivity contribution in [3.05, 3.63) is 0 Å². The molecular formula is C12H20O6. The summed E-state index contributed by atoms with van der Waals surface area (Å²) < 4.78 is 22.8. The minimum absolute atomic E-state index is 0.328. The second kappa shape index (κ2) is 4.70. The number of aliphatic hydroxyl groups excluding tert-OH is 2. The number of ether oxygens (including phenoxy) is 4. The minimum atomic E-state index is -1.39. The van der Waals surface area contributed by atoms with E-state index in [2.05, 4.69) is 0 Å². The molecule has 6 nitrogen and oxygen atoms in total. The predicted octanol–water partition coefficient (Wildman–Crippen LogP) is -0.232. The van der Waals surface area contributed by atoms with Gasteiger partial charge in [-0.1, -0.05) is 0 Å². The molecule has 6 heteroatoms. The van der Waals surface area contributed by atoms with Gasteiger partial charge in [0.05, 0.1) is 26.4 Å². The molecule has 4 atom stereocenters. The predicted molar refractivity (Wildman–Crippen MR) is 59.8 cm³/mol. The monoisotopic (exact) mass is 260 g/mol. The summed E-state index contributed by atoms with van der Waals surface area (Å²) in [6, 6.07) is 0. The van der Waals surface area contributed by atoms with Crippen molar-refractivity contribution in [1.82, 2.24) is 0 Å². The average Bonchev–Trinajstić information content (AvgIpc) is 2.39. The third kappa shape index (κ3) is 1.64. The van der Waals surface area contributed by atoms with Crippen molar-refractivity contribution in [2.75, 3.05) is 26.4 Å². The molecule has 0 aromatic heterocycles. The molecule has 18 heavy (non-hydrogen) atoms. The average molecular weight is 260 g/mol. The first-order chi connectivity index (χ1) is 8.71. The Morgan fingerprint density at radius 1 is 0.667 bits per heavy atom. The molecule has 2 spiro atoms. The summed E-state index contributed by atoms with van der Waals surface area (Å²) in [7, 11) is 0. The van der Waals surface area contributed by atoms with Crippen molar-refractivity contribution in [3.63, 3.8) is 0 Å².